The van der Waals surface area contributed by atoms with Gasteiger partial charge in [-0.25, -0.2) is 3.63 Å². The van der Waals surface area contributed by atoms with Crippen molar-refractivity contribution in [2.45, 2.75) is 73.4 Å². The summed E-state index contributed by atoms with van der Waals surface area (Å²) in [4.78, 5) is 5.97. The third kappa shape index (κ3) is 9.23. The first-order valence-corrected chi connectivity index (χ1v) is 19.3. The number of nitrogens with zero attached hydrogens (tertiary/aromatic N) is 1. The molecule has 50 heavy (non-hydrogen) atoms. The molecule has 0 aliphatic carbocycles. The lowest BCUT2D eigenvalue weighted by Crippen LogP contribution is -2.17. The van der Waals surface area contributed by atoms with Crippen molar-refractivity contribution >= 4 is 20.4 Å². The molecule has 1 aromatic heterocycles. The van der Waals surface area contributed by atoms with E-state index in [1.165, 1.54) is 0 Å². The monoisotopic (exact) mass is 717 g/mol. The highest BCUT2D eigenvalue weighted by Crippen LogP contribution is 2.70. The lowest BCUT2D eigenvalue weighted by atomic mass is 10.2. The van der Waals surface area contributed by atoms with Gasteiger partial charge in [0.05, 0.1) is 4.90 Å². The fourth-order valence-corrected chi connectivity index (χ4v) is 10.3. The van der Waals surface area contributed by atoms with Gasteiger partial charge in [-0.15, -0.1) is 0 Å². The minimum absolute atomic E-state index is 0.0426. The van der Waals surface area contributed by atoms with E-state index in [0.717, 1.165) is 11.1 Å². The molecule has 0 fully saturated rings. The summed E-state index contributed by atoms with van der Waals surface area (Å²) in [6.07, 6.45) is 2.47. The van der Waals surface area contributed by atoms with Crippen LogP contribution in [0.15, 0.2) is 141 Å². The van der Waals surface area contributed by atoms with E-state index in [4.69, 9.17) is 27.3 Å². The number of ether oxygens (including phenoxy) is 5. The molecule has 0 N–H and O–H groups in total. The van der Waals surface area contributed by atoms with Gasteiger partial charge in [-0.3, -0.25) is 4.98 Å². The normalized spacial score (nSPS) is 14.6. The summed E-state index contributed by atoms with van der Waals surface area (Å²) in [5.74, 6) is 1.67. The SMILES string of the molecule is CCOC(C)Oc1ccc(S(OS(=O)(=O)c2ccc(C)cc2)(c2ccc(OC(C)OCC)cc2)c2cccc(OCc3ccncc3)c2)cc1. The molecule has 0 radical (unpaired) electrons. The summed E-state index contributed by atoms with van der Waals surface area (Å²) in [5, 5.41) is 0. The Morgan fingerprint density at radius 1 is 0.620 bits per heavy atom. The number of hydrogen-bond acceptors (Lipinski definition) is 9. The zero-order chi connectivity index (χ0) is 35.6. The Labute approximate surface area is 296 Å². The first-order chi connectivity index (χ1) is 24.1. The van der Waals surface area contributed by atoms with Crippen molar-refractivity contribution in [1.82, 2.24) is 4.98 Å². The summed E-state index contributed by atoms with van der Waals surface area (Å²) >= 11 is 0. The highest BCUT2D eigenvalue weighted by molar-refractivity contribution is 8.33. The molecule has 1 heterocycles. The van der Waals surface area contributed by atoms with Crippen molar-refractivity contribution in [3.63, 3.8) is 0 Å². The Balaban J connectivity index is 1.67. The molecule has 264 valence electrons. The molecule has 9 nitrogen and oxygen atoms in total. The number of hydrogen-bond donors (Lipinski definition) is 0. The standard InChI is InChI=1S/C39H43NO8S2/c1-6-43-30(4)46-33-13-19-36(20-14-33)49(48-50(41,42)38-17-11-29(3)12-18-38,37-21-15-34(16-22-37)47-31(5)44-7-2)39-10-8-9-35(27-39)45-28-32-23-25-40-26-24-32/h8-27,30-31H,6-7,28H2,1-5H3. The van der Waals surface area contributed by atoms with E-state index in [1.807, 2.05) is 95.3 Å². The Hall–Kier alpha value is -4.39. The lowest BCUT2D eigenvalue weighted by Gasteiger charge is -2.39. The average Bonchev–Trinajstić information content (AvgIpc) is 3.11. The highest BCUT2D eigenvalue weighted by atomic mass is 32.3. The van der Waals surface area contributed by atoms with Crippen molar-refractivity contribution in [3.8, 4) is 17.2 Å². The molecule has 11 heteroatoms. The Kier molecular flexibility index (Phi) is 12.6. The molecule has 2 atom stereocenters. The van der Waals surface area contributed by atoms with Crippen LogP contribution in [0.3, 0.4) is 0 Å². The van der Waals surface area contributed by atoms with E-state index in [1.54, 1.807) is 60.9 Å². The van der Waals surface area contributed by atoms with Crippen molar-refractivity contribution < 1.29 is 35.7 Å². The molecule has 0 spiro atoms. The van der Waals surface area contributed by atoms with E-state index < -0.39 is 33.0 Å². The Bertz CT molecular complexity index is 1850. The maximum Gasteiger partial charge on any atom is 0.307 e. The van der Waals surface area contributed by atoms with Crippen molar-refractivity contribution in [2.24, 2.45) is 0 Å². The Morgan fingerprint density at radius 3 is 1.66 bits per heavy atom. The van der Waals surface area contributed by atoms with Crippen molar-refractivity contribution in [1.29, 1.82) is 0 Å². The molecule has 0 saturated carbocycles. The number of pyridine rings is 1. The first kappa shape index (κ1) is 36.9. The fourth-order valence-electron chi connectivity index (χ4n) is 5.13. The molecule has 4 aromatic carbocycles. The topological polar surface area (TPSA) is 102 Å². The minimum Gasteiger partial charge on any atom is -0.489 e. The zero-order valence-electron chi connectivity index (χ0n) is 28.9. The van der Waals surface area contributed by atoms with Gasteiger partial charge < -0.3 is 23.7 Å². The molecule has 0 bridgehead atoms. The quantitative estimate of drug-likeness (QED) is 0.0872. The summed E-state index contributed by atoms with van der Waals surface area (Å²) in [5.41, 5.74) is 1.87. The maximum atomic E-state index is 14.3. The molecule has 0 aliphatic rings. The van der Waals surface area contributed by atoms with Crippen LogP contribution >= 0.6 is 10.3 Å². The number of aromatic nitrogens is 1. The number of benzene rings is 4. The second kappa shape index (κ2) is 17.0. The predicted molar refractivity (Wildman–Crippen MR) is 193 cm³/mol. The van der Waals surface area contributed by atoms with Gasteiger partial charge in [0.2, 0.25) is 0 Å². The average molecular weight is 718 g/mol. The Morgan fingerprint density at radius 2 is 1.14 bits per heavy atom. The molecule has 5 aromatic rings. The van der Waals surface area contributed by atoms with Crippen LogP contribution in [0.25, 0.3) is 0 Å². The van der Waals surface area contributed by atoms with E-state index in [2.05, 4.69) is 4.98 Å². The smallest absolute Gasteiger partial charge is 0.307 e. The first-order valence-electron chi connectivity index (χ1n) is 16.4. The van der Waals surface area contributed by atoms with E-state index in [-0.39, 0.29) is 4.90 Å². The van der Waals surface area contributed by atoms with Crippen LogP contribution in [-0.2, 0) is 29.8 Å². The lowest BCUT2D eigenvalue weighted by molar-refractivity contribution is -0.0616. The van der Waals surface area contributed by atoms with Crippen LogP contribution in [0.1, 0.15) is 38.8 Å². The van der Waals surface area contributed by atoms with Gasteiger partial charge in [-0.1, -0.05) is 23.8 Å². The molecule has 0 saturated heterocycles. The minimum atomic E-state index is -4.33. The van der Waals surface area contributed by atoms with Crippen LogP contribution in [0.4, 0.5) is 0 Å². The number of aryl methyl sites for hydroxylation is 1. The second-order valence-corrected chi connectivity index (χ2v) is 15.7. The van der Waals surface area contributed by atoms with Gasteiger partial charge in [0.25, 0.3) is 0 Å². The van der Waals surface area contributed by atoms with Gasteiger partial charge in [0.1, 0.15) is 23.9 Å². The summed E-state index contributed by atoms with van der Waals surface area (Å²) < 4.78 is 64.5. The molecule has 0 aliphatic heterocycles. The van der Waals surface area contributed by atoms with E-state index >= 15 is 0 Å². The fraction of sp³-hybridized carbons (Fsp3) is 0.256. The van der Waals surface area contributed by atoms with Gasteiger partial charge in [0, 0.05) is 40.3 Å². The highest BCUT2D eigenvalue weighted by Gasteiger charge is 2.39. The van der Waals surface area contributed by atoms with Crippen LogP contribution in [0.2, 0.25) is 0 Å². The molecular formula is C39H43NO8S2. The van der Waals surface area contributed by atoms with Gasteiger partial charge >= 0.3 is 10.1 Å². The molecule has 2 unspecified atom stereocenters. The molecule has 5 rings (SSSR count). The van der Waals surface area contributed by atoms with Crippen LogP contribution in [0.5, 0.6) is 17.2 Å². The number of rotatable bonds is 17. The molecule has 0 amide bonds. The molecular weight excluding hydrogens is 675 g/mol. The van der Waals surface area contributed by atoms with Gasteiger partial charge in [-0.05, 0) is 141 Å². The third-order valence-electron chi connectivity index (χ3n) is 7.51. The summed E-state index contributed by atoms with van der Waals surface area (Å²) in [6, 6.07) is 32.2. The largest absolute Gasteiger partial charge is 0.489 e. The van der Waals surface area contributed by atoms with Crippen molar-refractivity contribution in [2.75, 3.05) is 13.2 Å². The van der Waals surface area contributed by atoms with Crippen LogP contribution < -0.4 is 14.2 Å². The van der Waals surface area contributed by atoms with E-state index in [0.29, 0.717) is 51.8 Å². The predicted octanol–water partition coefficient (Wildman–Crippen LogP) is 9.09. The zero-order valence-corrected chi connectivity index (χ0v) is 30.5. The second-order valence-electron chi connectivity index (χ2n) is 11.2. The van der Waals surface area contributed by atoms with Crippen LogP contribution in [-0.4, -0.2) is 39.2 Å². The van der Waals surface area contributed by atoms with Crippen LogP contribution in [0, 0.1) is 6.92 Å². The van der Waals surface area contributed by atoms with Gasteiger partial charge in [-0.2, -0.15) is 8.42 Å². The van der Waals surface area contributed by atoms with Crippen molar-refractivity contribution in [3.05, 3.63) is 133 Å². The summed E-state index contributed by atoms with van der Waals surface area (Å²) in [7, 11) is -7.35. The summed E-state index contributed by atoms with van der Waals surface area (Å²) in [6.45, 7) is 10.6. The maximum absolute atomic E-state index is 14.3. The van der Waals surface area contributed by atoms with Gasteiger partial charge in [0.15, 0.2) is 12.6 Å². The third-order valence-corrected chi connectivity index (χ3v) is 12.7. The van der Waals surface area contributed by atoms with E-state index in [9.17, 15) is 8.42 Å².